The third kappa shape index (κ3) is 23.5. The number of rotatable bonds is 23. The van der Waals surface area contributed by atoms with Crippen LogP contribution in [0.15, 0.2) is 18.7 Å². The zero-order valence-corrected chi connectivity index (χ0v) is 24.5. The van der Waals surface area contributed by atoms with Crippen LogP contribution in [0.25, 0.3) is 0 Å². The molecule has 0 unspecified atom stereocenters. The SMILES string of the molecule is CCCCCCC[n+]1ccn(CCCCCC)c1.CCCCCCOP(=O)([O-])OCCCCCC. The molecule has 0 fully saturated rings. The minimum Gasteiger partial charge on any atom is -0.756 e. The van der Waals surface area contributed by atoms with E-state index in [4.69, 9.17) is 9.05 Å². The minimum atomic E-state index is -4.04. The van der Waals surface area contributed by atoms with Gasteiger partial charge >= 0.3 is 0 Å². The highest BCUT2D eigenvalue weighted by Crippen LogP contribution is 2.38. The van der Waals surface area contributed by atoms with Crippen LogP contribution in [-0.4, -0.2) is 17.8 Å². The van der Waals surface area contributed by atoms with Crippen molar-refractivity contribution in [3.8, 4) is 0 Å². The maximum absolute atomic E-state index is 11.3. The molecule has 0 saturated carbocycles. The fourth-order valence-electron chi connectivity index (χ4n) is 3.77. The quantitative estimate of drug-likeness (QED) is 0.0840. The zero-order valence-electron chi connectivity index (χ0n) is 23.6. The molecular formula is C28H57N2O4P. The first kappa shape index (κ1) is 34.3. The van der Waals surface area contributed by atoms with E-state index in [0.717, 1.165) is 51.4 Å². The van der Waals surface area contributed by atoms with Gasteiger partial charge < -0.3 is 13.9 Å². The lowest BCUT2D eigenvalue weighted by atomic mass is 10.1. The summed E-state index contributed by atoms with van der Waals surface area (Å²) in [4.78, 5) is 11.3. The number of imidazole rings is 1. The Hall–Kier alpha value is -0.680. The fraction of sp³-hybridized carbons (Fsp3) is 0.893. The van der Waals surface area contributed by atoms with Crippen LogP contribution in [0.4, 0.5) is 0 Å². The first-order valence-electron chi connectivity index (χ1n) is 14.6. The maximum Gasteiger partial charge on any atom is 0.267 e. The average Bonchev–Trinajstić information content (AvgIpc) is 3.29. The van der Waals surface area contributed by atoms with Crippen molar-refractivity contribution < 1.29 is 23.1 Å². The summed E-state index contributed by atoms with van der Waals surface area (Å²) in [6, 6.07) is 0. The second kappa shape index (κ2) is 25.0. The van der Waals surface area contributed by atoms with Gasteiger partial charge in [-0.15, -0.1) is 0 Å². The number of aromatic nitrogens is 2. The molecule has 208 valence electrons. The first-order valence-corrected chi connectivity index (χ1v) is 16.1. The normalized spacial score (nSPS) is 11.5. The second-order valence-corrected chi connectivity index (χ2v) is 11.0. The lowest BCUT2D eigenvalue weighted by Crippen LogP contribution is -2.30. The van der Waals surface area contributed by atoms with Crippen molar-refractivity contribution in [1.82, 2.24) is 4.57 Å². The monoisotopic (exact) mass is 516 g/mol. The van der Waals surface area contributed by atoms with Crippen molar-refractivity contribution in [2.24, 2.45) is 0 Å². The van der Waals surface area contributed by atoms with Gasteiger partial charge in [-0.2, -0.15) is 0 Å². The molecular weight excluding hydrogens is 459 g/mol. The van der Waals surface area contributed by atoms with Gasteiger partial charge in [0.25, 0.3) is 7.82 Å². The molecule has 0 bridgehead atoms. The highest BCUT2D eigenvalue weighted by Gasteiger charge is 2.08. The average molecular weight is 517 g/mol. The molecule has 1 rings (SSSR count). The Kier molecular flexibility index (Phi) is 24.5. The summed E-state index contributed by atoms with van der Waals surface area (Å²) in [7, 11) is -4.04. The van der Waals surface area contributed by atoms with Gasteiger partial charge in [0.2, 0.25) is 6.33 Å². The zero-order chi connectivity index (χ0) is 26.0. The van der Waals surface area contributed by atoms with Crippen LogP contribution in [0.3, 0.4) is 0 Å². The Morgan fingerprint density at radius 3 is 1.66 bits per heavy atom. The van der Waals surface area contributed by atoms with E-state index in [2.05, 4.69) is 55.6 Å². The van der Waals surface area contributed by atoms with Gasteiger partial charge in [-0.3, -0.25) is 4.57 Å². The Morgan fingerprint density at radius 1 is 0.686 bits per heavy atom. The molecule has 0 aliphatic carbocycles. The fourth-order valence-corrected chi connectivity index (χ4v) is 4.55. The van der Waals surface area contributed by atoms with Crippen molar-refractivity contribution in [1.29, 1.82) is 0 Å². The van der Waals surface area contributed by atoms with Crippen LogP contribution in [-0.2, 0) is 26.7 Å². The van der Waals surface area contributed by atoms with E-state index in [1.165, 1.54) is 70.9 Å². The van der Waals surface area contributed by atoms with Crippen molar-refractivity contribution >= 4 is 7.82 Å². The standard InChI is InChI=1S/C16H31N2.C12H27O4P/c1-3-5-7-9-11-13-18-15-14-17(16-18)12-10-8-6-4-2;1-3-5-7-9-11-15-17(13,14)16-12-10-8-6-4-2/h14-16H,3-13H2,1-2H3;3-12H2,1-2H3,(H,13,14)/q+1;/p-1. The smallest absolute Gasteiger partial charge is 0.267 e. The molecule has 0 N–H and O–H groups in total. The van der Waals surface area contributed by atoms with Gasteiger partial charge in [-0.25, -0.2) is 9.13 Å². The number of aryl methyl sites for hydroxylation is 2. The van der Waals surface area contributed by atoms with E-state index in [1.807, 2.05) is 0 Å². The Labute approximate surface area is 217 Å². The van der Waals surface area contributed by atoms with E-state index in [9.17, 15) is 9.46 Å². The predicted molar refractivity (Wildman–Crippen MR) is 145 cm³/mol. The molecule has 0 atom stereocenters. The summed E-state index contributed by atoms with van der Waals surface area (Å²) in [5.41, 5.74) is 0. The molecule has 7 heteroatoms. The van der Waals surface area contributed by atoms with E-state index in [1.54, 1.807) is 0 Å². The summed E-state index contributed by atoms with van der Waals surface area (Å²) in [5, 5.41) is 0. The third-order valence-electron chi connectivity index (χ3n) is 6.03. The maximum atomic E-state index is 11.3. The van der Waals surface area contributed by atoms with Gasteiger partial charge in [0.15, 0.2) is 0 Å². The van der Waals surface area contributed by atoms with Gasteiger partial charge in [-0.1, -0.05) is 98.3 Å². The summed E-state index contributed by atoms with van der Waals surface area (Å²) in [6.07, 6.45) is 27.0. The summed E-state index contributed by atoms with van der Waals surface area (Å²) in [6.45, 7) is 11.6. The number of nitrogens with zero attached hydrogens (tertiary/aromatic N) is 2. The highest BCUT2D eigenvalue weighted by atomic mass is 31.2. The van der Waals surface area contributed by atoms with Crippen LogP contribution >= 0.6 is 7.82 Å². The molecule has 0 saturated heterocycles. The minimum absolute atomic E-state index is 0.246. The van der Waals surface area contributed by atoms with E-state index >= 15 is 0 Å². The number of phosphoric ester groups is 1. The van der Waals surface area contributed by atoms with Gasteiger partial charge in [0, 0.05) is 0 Å². The Bertz CT molecular complexity index is 592. The number of hydrogen-bond acceptors (Lipinski definition) is 4. The van der Waals surface area contributed by atoms with Crippen LogP contribution in [0, 0.1) is 0 Å². The molecule has 0 spiro atoms. The van der Waals surface area contributed by atoms with Gasteiger partial charge in [0.05, 0.1) is 26.3 Å². The van der Waals surface area contributed by atoms with Crippen LogP contribution in [0.1, 0.15) is 137 Å². The molecule has 35 heavy (non-hydrogen) atoms. The third-order valence-corrected chi connectivity index (χ3v) is 7.03. The molecule has 0 amide bonds. The van der Waals surface area contributed by atoms with Crippen molar-refractivity contribution in [3.05, 3.63) is 18.7 Å². The summed E-state index contributed by atoms with van der Waals surface area (Å²) < 4.78 is 25.5. The predicted octanol–water partition coefficient (Wildman–Crippen LogP) is 7.97. The van der Waals surface area contributed by atoms with E-state index in [-0.39, 0.29) is 13.2 Å². The number of phosphoric acid groups is 1. The van der Waals surface area contributed by atoms with Gasteiger partial charge in [-0.05, 0) is 38.5 Å². The number of unbranched alkanes of at least 4 members (excludes halogenated alkanes) is 13. The molecule has 0 aromatic carbocycles. The first-order chi connectivity index (χ1) is 17.0. The molecule has 6 nitrogen and oxygen atoms in total. The topological polar surface area (TPSA) is 67.4 Å². The Morgan fingerprint density at radius 2 is 1.14 bits per heavy atom. The summed E-state index contributed by atoms with van der Waals surface area (Å²) >= 11 is 0. The van der Waals surface area contributed by atoms with E-state index in [0.29, 0.717) is 0 Å². The Balaban J connectivity index is 0.000000662. The van der Waals surface area contributed by atoms with Crippen LogP contribution in [0.5, 0.6) is 0 Å². The molecule has 0 aliphatic heterocycles. The lowest BCUT2D eigenvalue weighted by Gasteiger charge is -2.22. The van der Waals surface area contributed by atoms with Crippen molar-refractivity contribution in [3.63, 3.8) is 0 Å². The molecule has 0 aliphatic rings. The molecule has 1 aromatic rings. The summed E-state index contributed by atoms with van der Waals surface area (Å²) in [5.74, 6) is 0. The van der Waals surface area contributed by atoms with Gasteiger partial charge in [0.1, 0.15) is 12.4 Å². The number of hydrogen-bond donors (Lipinski definition) is 0. The molecule has 1 aromatic heterocycles. The largest absolute Gasteiger partial charge is 0.756 e. The second-order valence-electron chi connectivity index (χ2n) is 9.60. The van der Waals surface area contributed by atoms with Crippen molar-refractivity contribution in [2.75, 3.05) is 13.2 Å². The lowest BCUT2D eigenvalue weighted by molar-refractivity contribution is -0.696. The van der Waals surface area contributed by atoms with Crippen molar-refractivity contribution in [2.45, 2.75) is 150 Å². The van der Waals surface area contributed by atoms with Crippen LogP contribution in [0.2, 0.25) is 0 Å². The highest BCUT2D eigenvalue weighted by molar-refractivity contribution is 7.45. The molecule has 1 heterocycles. The van der Waals surface area contributed by atoms with E-state index < -0.39 is 7.82 Å². The molecule has 0 radical (unpaired) electrons. The van der Waals surface area contributed by atoms with Crippen LogP contribution < -0.4 is 9.46 Å².